The van der Waals surface area contributed by atoms with Gasteiger partial charge in [0.15, 0.2) is 0 Å². The lowest BCUT2D eigenvalue weighted by Gasteiger charge is -2.13. The van der Waals surface area contributed by atoms with Crippen molar-refractivity contribution >= 4 is 40.2 Å². The summed E-state index contributed by atoms with van der Waals surface area (Å²) >= 11 is 5.83. The minimum absolute atomic E-state index is 0.229. The van der Waals surface area contributed by atoms with Crippen molar-refractivity contribution in [3.63, 3.8) is 0 Å². The first-order valence-corrected chi connectivity index (χ1v) is 8.57. The molecule has 1 aromatic heterocycles. The average Bonchev–Trinajstić information content (AvgIpc) is 2.99. The van der Waals surface area contributed by atoms with E-state index < -0.39 is 11.7 Å². The summed E-state index contributed by atoms with van der Waals surface area (Å²) in [5.74, 6) is 4.27. The highest BCUT2D eigenvalue weighted by molar-refractivity contribution is 6.30. The van der Waals surface area contributed by atoms with E-state index in [-0.39, 0.29) is 6.54 Å². The molecule has 0 unspecified atom stereocenters. The largest absolute Gasteiger partial charge is 0.378 e. The predicted octanol–water partition coefficient (Wildman–Crippen LogP) is 2.95. The van der Waals surface area contributed by atoms with Crippen LogP contribution >= 0.6 is 11.6 Å². The molecule has 0 radical (unpaired) electrons. The molecule has 3 aromatic rings. The molecule has 3 N–H and O–H groups in total. The Morgan fingerprint density at radius 3 is 2.78 bits per heavy atom. The van der Waals surface area contributed by atoms with Gasteiger partial charge in [0.25, 0.3) is 5.91 Å². The number of nitrogens with one attached hydrogen (secondary N) is 1. The van der Waals surface area contributed by atoms with Crippen LogP contribution in [0.25, 0.3) is 17.0 Å². The summed E-state index contributed by atoms with van der Waals surface area (Å²) in [5, 5.41) is 5.73. The number of anilines is 1. The monoisotopic (exact) mass is 387 g/mol. The van der Waals surface area contributed by atoms with Gasteiger partial charge in [0.2, 0.25) is 0 Å². The maximum atomic E-state index is 14.2. The van der Waals surface area contributed by atoms with E-state index in [1.54, 1.807) is 22.9 Å². The number of nitrogens with zero attached hydrogens (tertiary/aromatic N) is 3. The Balaban J connectivity index is 2.10. The molecule has 0 bridgehead atoms. The van der Waals surface area contributed by atoms with Crippen LogP contribution in [0, 0.1) is 5.82 Å². The van der Waals surface area contributed by atoms with E-state index >= 15 is 0 Å². The number of halogens is 2. The molecule has 1 amide bonds. The fourth-order valence-electron chi connectivity index (χ4n) is 2.72. The van der Waals surface area contributed by atoms with E-state index in [9.17, 15) is 9.18 Å². The van der Waals surface area contributed by atoms with Crippen LogP contribution in [0.15, 0.2) is 42.5 Å². The number of fused-ring (bicyclic) bond motifs is 1. The second kappa shape index (κ2) is 7.77. The highest BCUT2D eigenvalue weighted by Gasteiger charge is 2.13. The van der Waals surface area contributed by atoms with Crippen LogP contribution in [0.5, 0.6) is 0 Å². The van der Waals surface area contributed by atoms with Crippen LogP contribution in [-0.2, 0) is 11.3 Å². The molecule has 0 aliphatic heterocycles. The number of hydrogen-bond acceptors (Lipinski definition) is 4. The van der Waals surface area contributed by atoms with Gasteiger partial charge < -0.3 is 4.90 Å². The summed E-state index contributed by atoms with van der Waals surface area (Å²) in [6, 6.07) is 10.4. The third kappa shape index (κ3) is 4.10. The molecule has 8 heteroatoms. The summed E-state index contributed by atoms with van der Waals surface area (Å²) in [7, 11) is 3.88. The maximum Gasteiger partial charge on any atom is 0.257 e. The van der Waals surface area contributed by atoms with Gasteiger partial charge in [-0.15, -0.1) is 0 Å². The number of benzene rings is 2. The third-order valence-electron chi connectivity index (χ3n) is 4.15. The Morgan fingerprint density at radius 1 is 1.33 bits per heavy atom. The number of carbonyl (C=O) groups is 1. The van der Waals surface area contributed by atoms with Crippen molar-refractivity contribution in [1.29, 1.82) is 0 Å². The molecule has 27 heavy (non-hydrogen) atoms. The number of rotatable bonds is 5. The van der Waals surface area contributed by atoms with E-state index in [0.29, 0.717) is 16.3 Å². The molecule has 0 atom stereocenters. The predicted molar refractivity (Wildman–Crippen MR) is 106 cm³/mol. The lowest BCUT2D eigenvalue weighted by atomic mass is 10.1. The fraction of sp³-hybridized carbons (Fsp3) is 0.158. The molecule has 0 aliphatic rings. The van der Waals surface area contributed by atoms with E-state index in [2.05, 4.69) is 5.10 Å². The number of nitrogens with two attached hydrogens (primary N) is 1. The Hall–Kier alpha value is -2.90. The highest BCUT2D eigenvalue weighted by atomic mass is 35.5. The van der Waals surface area contributed by atoms with Gasteiger partial charge in [-0.05, 0) is 36.4 Å². The van der Waals surface area contributed by atoms with Crippen LogP contribution in [-0.4, -0.2) is 29.8 Å². The zero-order valence-electron chi connectivity index (χ0n) is 14.9. The first-order valence-electron chi connectivity index (χ1n) is 8.19. The quantitative estimate of drug-likeness (QED) is 0.305. The van der Waals surface area contributed by atoms with Crippen molar-refractivity contribution < 1.29 is 9.18 Å². The van der Waals surface area contributed by atoms with Gasteiger partial charge >= 0.3 is 0 Å². The van der Waals surface area contributed by atoms with Gasteiger partial charge in [-0.1, -0.05) is 17.7 Å². The SMILES string of the molecule is CN(C)c1ccc2c(/C=C/C(=O)NN)nn(Cc3ccc(Cl)cc3F)c2c1. The number of carbonyl (C=O) groups excluding carboxylic acids is 1. The fourth-order valence-corrected chi connectivity index (χ4v) is 2.88. The number of hydrogen-bond donors (Lipinski definition) is 2. The molecule has 2 aromatic carbocycles. The first-order chi connectivity index (χ1) is 12.9. The Labute approximate surface area is 161 Å². The number of amides is 1. The topological polar surface area (TPSA) is 76.2 Å². The molecular weight excluding hydrogens is 369 g/mol. The smallest absolute Gasteiger partial charge is 0.257 e. The summed E-state index contributed by atoms with van der Waals surface area (Å²) in [6.07, 6.45) is 2.88. The van der Waals surface area contributed by atoms with Crippen molar-refractivity contribution in [2.75, 3.05) is 19.0 Å². The van der Waals surface area contributed by atoms with Crippen molar-refractivity contribution in [2.45, 2.75) is 6.54 Å². The van der Waals surface area contributed by atoms with Gasteiger partial charge in [0.1, 0.15) is 5.82 Å². The summed E-state index contributed by atoms with van der Waals surface area (Å²) in [5.41, 5.74) is 4.90. The number of aromatic nitrogens is 2. The Bertz CT molecular complexity index is 1030. The van der Waals surface area contributed by atoms with Gasteiger partial charge in [-0.3, -0.25) is 14.9 Å². The minimum Gasteiger partial charge on any atom is -0.378 e. The lowest BCUT2D eigenvalue weighted by Crippen LogP contribution is -2.27. The third-order valence-corrected chi connectivity index (χ3v) is 4.39. The highest BCUT2D eigenvalue weighted by Crippen LogP contribution is 2.26. The molecule has 0 fully saturated rings. The van der Waals surface area contributed by atoms with Crippen molar-refractivity contribution in [1.82, 2.24) is 15.2 Å². The van der Waals surface area contributed by atoms with Gasteiger partial charge in [0, 0.05) is 41.8 Å². The van der Waals surface area contributed by atoms with Crippen molar-refractivity contribution in [3.05, 3.63) is 64.6 Å². The maximum absolute atomic E-state index is 14.2. The molecule has 0 spiro atoms. The van der Waals surface area contributed by atoms with Gasteiger partial charge in [-0.25, -0.2) is 10.2 Å². The summed E-state index contributed by atoms with van der Waals surface area (Å²) in [4.78, 5) is 13.4. The van der Waals surface area contributed by atoms with Crippen LogP contribution in [0.1, 0.15) is 11.3 Å². The second-order valence-corrected chi connectivity index (χ2v) is 6.65. The zero-order chi connectivity index (χ0) is 19.6. The van der Waals surface area contributed by atoms with E-state index in [0.717, 1.165) is 16.6 Å². The Kier molecular flexibility index (Phi) is 5.43. The molecule has 1 heterocycles. The van der Waals surface area contributed by atoms with Crippen LogP contribution in [0.3, 0.4) is 0 Å². The summed E-state index contributed by atoms with van der Waals surface area (Å²) in [6.45, 7) is 0.229. The van der Waals surface area contributed by atoms with E-state index in [1.807, 2.05) is 42.6 Å². The van der Waals surface area contributed by atoms with Crippen molar-refractivity contribution in [2.24, 2.45) is 5.84 Å². The number of hydrazine groups is 1. The standard InChI is InChI=1S/C19H19ClFN5O/c1-25(2)14-5-6-15-17(7-8-19(27)23-22)24-26(18(15)10-14)11-12-3-4-13(20)9-16(12)21/h3-10H,11,22H2,1-2H3,(H,23,27)/b8-7+. The van der Waals surface area contributed by atoms with Crippen LogP contribution in [0.2, 0.25) is 5.02 Å². The normalized spacial score (nSPS) is 11.3. The molecule has 0 aliphatic carbocycles. The Morgan fingerprint density at radius 2 is 2.11 bits per heavy atom. The summed E-state index contributed by atoms with van der Waals surface area (Å²) < 4.78 is 15.9. The second-order valence-electron chi connectivity index (χ2n) is 6.22. The molecule has 3 rings (SSSR count). The van der Waals surface area contributed by atoms with E-state index in [4.69, 9.17) is 17.4 Å². The average molecular weight is 388 g/mol. The van der Waals surface area contributed by atoms with Gasteiger partial charge in [0.05, 0.1) is 17.8 Å². The van der Waals surface area contributed by atoms with Crippen LogP contribution < -0.4 is 16.2 Å². The molecule has 0 saturated heterocycles. The van der Waals surface area contributed by atoms with Gasteiger partial charge in [-0.2, -0.15) is 5.10 Å². The molecule has 140 valence electrons. The lowest BCUT2D eigenvalue weighted by molar-refractivity contribution is -0.116. The molecule has 6 nitrogen and oxygen atoms in total. The van der Waals surface area contributed by atoms with E-state index in [1.165, 1.54) is 12.1 Å². The molecule has 0 saturated carbocycles. The zero-order valence-corrected chi connectivity index (χ0v) is 15.7. The van der Waals surface area contributed by atoms with Crippen LogP contribution in [0.4, 0.5) is 10.1 Å². The minimum atomic E-state index is -0.439. The molecular formula is C19H19ClFN5O. The van der Waals surface area contributed by atoms with Crippen molar-refractivity contribution in [3.8, 4) is 0 Å². The first kappa shape index (κ1) is 18.9.